The highest BCUT2D eigenvalue weighted by atomic mass is 32.2. The molecule has 0 bridgehead atoms. The van der Waals surface area contributed by atoms with Crippen LogP contribution in [-0.2, 0) is 19.4 Å². The Labute approximate surface area is 99.5 Å². The van der Waals surface area contributed by atoms with E-state index in [1.807, 2.05) is 0 Å². The molecule has 2 rings (SSSR count). The summed E-state index contributed by atoms with van der Waals surface area (Å²) in [5.41, 5.74) is 0. The number of nitrogens with zero attached hydrogens (tertiary/aromatic N) is 1. The zero-order valence-electron chi connectivity index (χ0n) is 9.33. The lowest BCUT2D eigenvalue weighted by atomic mass is 10.1. The van der Waals surface area contributed by atoms with Gasteiger partial charge in [-0.05, 0) is 12.8 Å². The second-order valence-corrected chi connectivity index (χ2v) is 6.92. The number of hydrogen-bond acceptors (Lipinski definition) is 4. The Bertz CT molecular complexity index is 444. The number of carboxylic acids is 1. The molecule has 2 unspecified atom stereocenters. The van der Waals surface area contributed by atoms with Crippen LogP contribution in [0.15, 0.2) is 0 Å². The first-order chi connectivity index (χ1) is 7.89. The lowest BCUT2D eigenvalue weighted by Crippen LogP contribution is -2.44. The molecule has 2 atom stereocenters. The summed E-state index contributed by atoms with van der Waals surface area (Å²) in [5.74, 6) is -1.76. The molecule has 6 nitrogen and oxygen atoms in total. The van der Waals surface area contributed by atoms with Crippen molar-refractivity contribution in [1.82, 2.24) is 4.90 Å². The number of amides is 1. The molecular weight excluding hydrogens is 246 g/mol. The zero-order chi connectivity index (χ0) is 12.6. The Kier molecular flexibility index (Phi) is 3.11. The van der Waals surface area contributed by atoms with Gasteiger partial charge >= 0.3 is 5.97 Å². The van der Waals surface area contributed by atoms with Crippen molar-refractivity contribution >= 4 is 21.7 Å². The van der Waals surface area contributed by atoms with Crippen LogP contribution in [0, 0.1) is 5.92 Å². The van der Waals surface area contributed by atoms with Gasteiger partial charge in [0, 0.05) is 19.0 Å². The number of carbonyl (C=O) groups is 2. The average Bonchev–Trinajstić information content (AvgIpc) is 2.59. The van der Waals surface area contributed by atoms with Crippen LogP contribution in [-0.4, -0.2) is 54.4 Å². The van der Waals surface area contributed by atoms with E-state index in [1.54, 1.807) is 0 Å². The van der Waals surface area contributed by atoms with Crippen LogP contribution < -0.4 is 0 Å². The highest BCUT2D eigenvalue weighted by Crippen LogP contribution is 2.25. The molecule has 0 aromatic heterocycles. The predicted octanol–water partition coefficient (Wildman–Crippen LogP) is -0.503. The predicted molar refractivity (Wildman–Crippen MR) is 59.1 cm³/mol. The van der Waals surface area contributed by atoms with Gasteiger partial charge in [0.15, 0.2) is 9.84 Å². The molecule has 0 aromatic rings. The first-order valence-corrected chi connectivity index (χ1v) is 7.44. The highest BCUT2D eigenvalue weighted by molar-refractivity contribution is 7.91. The van der Waals surface area contributed by atoms with Gasteiger partial charge in [0.2, 0.25) is 5.91 Å². The third kappa shape index (κ3) is 2.59. The summed E-state index contributed by atoms with van der Waals surface area (Å²) in [5, 5.41) is 8.85. The third-order valence-electron chi connectivity index (χ3n) is 3.39. The molecule has 2 saturated heterocycles. The topological polar surface area (TPSA) is 91.8 Å². The van der Waals surface area contributed by atoms with Crippen LogP contribution in [0.2, 0.25) is 0 Å². The molecule has 0 spiro atoms. The Morgan fingerprint density at radius 2 is 2.12 bits per heavy atom. The second kappa shape index (κ2) is 4.29. The van der Waals surface area contributed by atoms with Gasteiger partial charge < -0.3 is 10.0 Å². The molecule has 7 heteroatoms. The highest BCUT2D eigenvalue weighted by Gasteiger charge is 2.40. The third-order valence-corrected chi connectivity index (χ3v) is 5.19. The first-order valence-electron chi connectivity index (χ1n) is 5.62. The van der Waals surface area contributed by atoms with E-state index < -0.39 is 21.7 Å². The lowest BCUT2D eigenvalue weighted by molar-refractivity contribution is -0.141. The van der Waals surface area contributed by atoms with E-state index in [0.29, 0.717) is 12.8 Å². The number of hydrogen-bond donors (Lipinski definition) is 1. The van der Waals surface area contributed by atoms with Gasteiger partial charge in [-0.3, -0.25) is 9.59 Å². The van der Waals surface area contributed by atoms with Gasteiger partial charge in [0.25, 0.3) is 0 Å². The first kappa shape index (κ1) is 12.3. The minimum atomic E-state index is -3.07. The Balaban J connectivity index is 2.08. The number of carboxylic acid groups (broad SMARTS) is 1. The maximum Gasteiger partial charge on any atom is 0.308 e. The molecule has 96 valence electrons. The van der Waals surface area contributed by atoms with Crippen LogP contribution in [0.25, 0.3) is 0 Å². The van der Waals surface area contributed by atoms with Crippen molar-refractivity contribution in [3.8, 4) is 0 Å². The summed E-state index contributed by atoms with van der Waals surface area (Å²) in [4.78, 5) is 23.9. The van der Waals surface area contributed by atoms with Crippen molar-refractivity contribution in [1.29, 1.82) is 0 Å². The van der Waals surface area contributed by atoms with Crippen LogP contribution in [0.1, 0.15) is 19.3 Å². The quantitative estimate of drug-likeness (QED) is 0.723. The largest absolute Gasteiger partial charge is 0.481 e. The summed E-state index contributed by atoms with van der Waals surface area (Å²) in [6.07, 6.45) is 1.19. The Morgan fingerprint density at radius 3 is 2.65 bits per heavy atom. The molecular formula is C10H15NO5S. The minimum absolute atomic E-state index is 0.00805. The molecule has 1 N–H and O–H groups in total. The Morgan fingerprint density at radius 1 is 1.41 bits per heavy atom. The molecule has 17 heavy (non-hydrogen) atoms. The maximum absolute atomic E-state index is 11.7. The molecule has 2 heterocycles. The van der Waals surface area contributed by atoms with Crippen molar-refractivity contribution in [2.24, 2.45) is 5.92 Å². The monoisotopic (exact) mass is 261 g/mol. The van der Waals surface area contributed by atoms with E-state index in [-0.39, 0.29) is 36.4 Å². The summed E-state index contributed by atoms with van der Waals surface area (Å²) >= 11 is 0. The van der Waals surface area contributed by atoms with E-state index in [9.17, 15) is 18.0 Å². The number of carbonyl (C=O) groups excluding carboxylic acids is 1. The standard InChI is InChI=1S/C10H15NO5S/c12-9-4-7(10(13)14)5-11(9)8-2-1-3-17(15,16)6-8/h7-8H,1-6H2,(H,13,14). The molecule has 0 aromatic carbocycles. The fourth-order valence-electron chi connectivity index (χ4n) is 2.49. The van der Waals surface area contributed by atoms with E-state index in [0.717, 1.165) is 0 Å². The fourth-order valence-corrected chi connectivity index (χ4v) is 4.20. The van der Waals surface area contributed by atoms with Gasteiger partial charge in [0.05, 0.1) is 17.4 Å². The number of aliphatic carboxylic acids is 1. The normalized spacial score (nSPS) is 32.7. The fraction of sp³-hybridized carbons (Fsp3) is 0.800. The lowest BCUT2D eigenvalue weighted by Gasteiger charge is -2.30. The van der Waals surface area contributed by atoms with Gasteiger partial charge in [-0.15, -0.1) is 0 Å². The SMILES string of the molecule is O=C(O)C1CC(=O)N(C2CCCS(=O)(=O)C2)C1. The average molecular weight is 261 g/mol. The van der Waals surface area contributed by atoms with Crippen LogP contribution in [0.5, 0.6) is 0 Å². The van der Waals surface area contributed by atoms with E-state index in [2.05, 4.69) is 0 Å². The van der Waals surface area contributed by atoms with E-state index in [1.165, 1.54) is 4.90 Å². The van der Waals surface area contributed by atoms with Gasteiger partial charge in [-0.2, -0.15) is 0 Å². The molecule has 2 fully saturated rings. The van der Waals surface area contributed by atoms with Crippen LogP contribution in [0.4, 0.5) is 0 Å². The van der Waals surface area contributed by atoms with Crippen molar-refractivity contribution in [2.75, 3.05) is 18.1 Å². The number of sulfone groups is 1. The summed E-state index contributed by atoms with van der Waals surface area (Å²) in [6.45, 7) is 0.147. The van der Waals surface area contributed by atoms with Crippen molar-refractivity contribution in [2.45, 2.75) is 25.3 Å². The molecule has 1 amide bonds. The molecule has 0 saturated carbocycles. The van der Waals surface area contributed by atoms with Crippen LogP contribution >= 0.6 is 0 Å². The minimum Gasteiger partial charge on any atom is -0.481 e. The second-order valence-electron chi connectivity index (χ2n) is 4.70. The van der Waals surface area contributed by atoms with Crippen molar-refractivity contribution < 1.29 is 23.1 Å². The van der Waals surface area contributed by atoms with Gasteiger partial charge in [-0.25, -0.2) is 8.42 Å². The smallest absolute Gasteiger partial charge is 0.308 e. The number of rotatable bonds is 2. The molecule has 2 aliphatic heterocycles. The maximum atomic E-state index is 11.7. The summed E-state index contributed by atoms with van der Waals surface area (Å²) in [6, 6.07) is -0.328. The number of likely N-dealkylation sites (tertiary alicyclic amines) is 1. The molecule has 2 aliphatic rings. The molecule has 0 radical (unpaired) electrons. The van der Waals surface area contributed by atoms with E-state index in [4.69, 9.17) is 5.11 Å². The van der Waals surface area contributed by atoms with Crippen LogP contribution in [0.3, 0.4) is 0 Å². The van der Waals surface area contributed by atoms with Crippen molar-refractivity contribution in [3.05, 3.63) is 0 Å². The zero-order valence-corrected chi connectivity index (χ0v) is 10.1. The molecule has 0 aliphatic carbocycles. The van der Waals surface area contributed by atoms with Gasteiger partial charge in [0.1, 0.15) is 0 Å². The summed E-state index contributed by atoms with van der Waals surface area (Å²) in [7, 11) is -3.07. The summed E-state index contributed by atoms with van der Waals surface area (Å²) < 4.78 is 23.0. The van der Waals surface area contributed by atoms with Crippen molar-refractivity contribution in [3.63, 3.8) is 0 Å². The van der Waals surface area contributed by atoms with Gasteiger partial charge in [-0.1, -0.05) is 0 Å². The Hall–Kier alpha value is -1.11. The van der Waals surface area contributed by atoms with E-state index >= 15 is 0 Å².